The quantitative estimate of drug-likeness (QED) is 0.806. The molecule has 0 radical (unpaired) electrons. The second-order valence-electron chi connectivity index (χ2n) is 6.69. The van der Waals surface area contributed by atoms with E-state index in [0.29, 0.717) is 0 Å². The molecule has 3 unspecified atom stereocenters. The zero-order valence-corrected chi connectivity index (χ0v) is 13.9. The van der Waals surface area contributed by atoms with Crippen molar-refractivity contribution in [2.45, 2.75) is 51.1 Å². The predicted molar refractivity (Wildman–Crippen MR) is 81.2 cm³/mol. The molecule has 0 aromatic carbocycles. The highest BCUT2D eigenvalue weighted by Crippen LogP contribution is 2.35. The molecule has 0 aliphatic heterocycles. The third kappa shape index (κ3) is 5.40. The van der Waals surface area contributed by atoms with E-state index in [9.17, 15) is 8.42 Å². The molecule has 0 aromatic rings. The van der Waals surface area contributed by atoms with Crippen LogP contribution in [0.2, 0.25) is 0 Å². The molecule has 3 atom stereocenters. The summed E-state index contributed by atoms with van der Waals surface area (Å²) < 4.78 is 22.6. The van der Waals surface area contributed by atoms with Crippen molar-refractivity contribution in [3.63, 3.8) is 0 Å². The number of rotatable bonds is 6. The molecule has 1 rings (SSSR count). The van der Waals surface area contributed by atoms with Gasteiger partial charge in [0.05, 0.1) is 5.75 Å². The molecule has 1 fully saturated rings. The summed E-state index contributed by atoms with van der Waals surface area (Å²) in [5.41, 5.74) is 0.184. The molecule has 1 aliphatic rings. The Hall–Kier alpha value is -0.130. The lowest BCUT2D eigenvalue weighted by atomic mass is 9.75. The van der Waals surface area contributed by atoms with Crippen molar-refractivity contribution in [3.05, 3.63) is 0 Å². The number of sulfone groups is 1. The number of hydrogen-bond acceptors (Lipinski definition) is 4. The Morgan fingerprint density at radius 1 is 1.42 bits per heavy atom. The second-order valence-corrected chi connectivity index (χ2v) is 8.88. The maximum Gasteiger partial charge on any atom is 0.148 e. The molecule has 4 nitrogen and oxygen atoms in total. The van der Waals surface area contributed by atoms with E-state index in [0.717, 1.165) is 12.5 Å². The van der Waals surface area contributed by atoms with Crippen LogP contribution in [0.5, 0.6) is 0 Å². The summed E-state index contributed by atoms with van der Waals surface area (Å²) in [5, 5.41) is 3.43. The minimum atomic E-state index is -2.90. The summed E-state index contributed by atoms with van der Waals surface area (Å²) in [6, 6.07) is 0.0176. The summed E-state index contributed by atoms with van der Waals surface area (Å²) >= 11 is 0. The fraction of sp³-hybridized carbons (Fsp3) is 1.00. The molecule has 114 valence electrons. The van der Waals surface area contributed by atoms with Crippen LogP contribution in [0, 0.1) is 5.92 Å². The summed E-state index contributed by atoms with van der Waals surface area (Å²) in [7, 11) is 1.38. The number of nitrogens with zero attached hydrogens (tertiary/aromatic N) is 1. The van der Waals surface area contributed by atoms with Gasteiger partial charge in [-0.25, -0.2) is 8.42 Å². The Bertz CT molecular complexity index is 381. The molecule has 0 saturated heterocycles. The standard InChI is InChI=1S/C14H30N2O2S/c1-12-7-6-8-14(9-12,16(3)4)11-15-13(2)10-19(5,17)18/h12-13,15H,6-11H2,1-5H3. The maximum atomic E-state index is 11.3. The minimum absolute atomic E-state index is 0.0176. The molecule has 0 aromatic heterocycles. The average Bonchev–Trinajstić information content (AvgIpc) is 2.24. The monoisotopic (exact) mass is 290 g/mol. The van der Waals surface area contributed by atoms with Crippen LogP contribution in [0.15, 0.2) is 0 Å². The van der Waals surface area contributed by atoms with Crippen molar-refractivity contribution < 1.29 is 8.42 Å². The van der Waals surface area contributed by atoms with Gasteiger partial charge in [-0.3, -0.25) is 0 Å². The van der Waals surface area contributed by atoms with Crippen LogP contribution in [0.4, 0.5) is 0 Å². The maximum absolute atomic E-state index is 11.3. The highest BCUT2D eigenvalue weighted by molar-refractivity contribution is 7.90. The molecular weight excluding hydrogens is 260 g/mol. The van der Waals surface area contributed by atoms with Crippen LogP contribution in [0.3, 0.4) is 0 Å². The first-order chi connectivity index (χ1) is 8.65. The number of nitrogens with one attached hydrogen (secondary N) is 1. The fourth-order valence-corrected chi connectivity index (χ4v) is 4.26. The molecule has 0 bridgehead atoms. The third-order valence-electron chi connectivity index (χ3n) is 4.35. The van der Waals surface area contributed by atoms with E-state index in [2.05, 4.69) is 31.2 Å². The Kier molecular flexibility index (Phi) is 5.83. The molecule has 0 amide bonds. The molecule has 0 heterocycles. The van der Waals surface area contributed by atoms with Crippen LogP contribution in [-0.2, 0) is 9.84 Å². The van der Waals surface area contributed by atoms with E-state index in [1.54, 1.807) is 0 Å². The van der Waals surface area contributed by atoms with Gasteiger partial charge in [-0.05, 0) is 39.8 Å². The van der Waals surface area contributed by atoms with Crippen LogP contribution in [-0.4, -0.2) is 57.5 Å². The molecule has 1 aliphatic carbocycles. The van der Waals surface area contributed by atoms with E-state index >= 15 is 0 Å². The van der Waals surface area contributed by atoms with Gasteiger partial charge in [0.2, 0.25) is 0 Å². The van der Waals surface area contributed by atoms with Crippen LogP contribution in [0.1, 0.15) is 39.5 Å². The average molecular weight is 290 g/mol. The summed E-state index contributed by atoms with van der Waals surface area (Å²) in [6.45, 7) is 5.15. The molecular formula is C14H30N2O2S. The van der Waals surface area contributed by atoms with Gasteiger partial charge in [0.1, 0.15) is 9.84 Å². The Labute approximate surface area is 118 Å². The summed E-state index contributed by atoms with van der Waals surface area (Å²) in [6.07, 6.45) is 6.27. The van der Waals surface area contributed by atoms with Gasteiger partial charge in [-0.15, -0.1) is 0 Å². The zero-order valence-electron chi connectivity index (χ0n) is 13.1. The van der Waals surface area contributed by atoms with E-state index < -0.39 is 9.84 Å². The van der Waals surface area contributed by atoms with Crippen LogP contribution in [0.25, 0.3) is 0 Å². The van der Waals surface area contributed by atoms with E-state index in [-0.39, 0.29) is 17.3 Å². The first-order valence-corrected chi connectivity index (χ1v) is 9.29. The van der Waals surface area contributed by atoms with Crippen molar-refractivity contribution in [2.75, 3.05) is 32.6 Å². The van der Waals surface area contributed by atoms with Gasteiger partial charge in [-0.1, -0.05) is 19.8 Å². The fourth-order valence-electron chi connectivity index (χ4n) is 3.23. The van der Waals surface area contributed by atoms with Gasteiger partial charge < -0.3 is 10.2 Å². The van der Waals surface area contributed by atoms with E-state index in [1.165, 1.54) is 31.9 Å². The summed E-state index contributed by atoms with van der Waals surface area (Å²) in [5.74, 6) is 0.967. The van der Waals surface area contributed by atoms with Crippen molar-refractivity contribution in [2.24, 2.45) is 5.92 Å². The Morgan fingerprint density at radius 2 is 2.05 bits per heavy atom. The van der Waals surface area contributed by atoms with Gasteiger partial charge >= 0.3 is 0 Å². The Balaban J connectivity index is 2.60. The molecule has 19 heavy (non-hydrogen) atoms. The zero-order chi connectivity index (χ0) is 14.7. The van der Waals surface area contributed by atoms with Crippen LogP contribution < -0.4 is 5.32 Å². The van der Waals surface area contributed by atoms with Gasteiger partial charge in [-0.2, -0.15) is 0 Å². The largest absolute Gasteiger partial charge is 0.311 e. The van der Waals surface area contributed by atoms with E-state index in [1.807, 2.05) is 6.92 Å². The normalized spacial score (nSPS) is 30.5. The molecule has 0 spiro atoms. The first kappa shape index (κ1) is 16.9. The lowest BCUT2D eigenvalue weighted by Gasteiger charge is -2.46. The van der Waals surface area contributed by atoms with Crippen molar-refractivity contribution in [3.8, 4) is 0 Å². The summed E-state index contributed by atoms with van der Waals surface area (Å²) in [4.78, 5) is 2.32. The van der Waals surface area contributed by atoms with Gasteiger partial charge in [0.25, 0.3) is 0 Å². The first-order valence-electron chi connectivity index (χ1n) is 7.23. The van der Waals surface area contributed by atoms with Crippen LogP contribution >= 0.6 is 0 Å². The molecule has 1 saturated carbocycles. The Morgan fingerprint density at radius 3 is 2.53 bits per heavy atom. The highest BCUT2D eigenvalue weighted by Gasteiger charge is 2.36. The molecule has 1 N–H and O–H groups in total. The van der Waals surface area contributed by atoms with Crippen molar-refractivity contribution >= 4 is 9.84 Å². The highest BCUT2D eigenvalue weighted by atomic mass is 32.2. The number of likely N-dealkylation sites (N-methyl/N-ethyl adjacent to an activating group) is 1. The topological polar surface area (TPSA) is 49.4 Å². The third-order valence-corrected chi connectivity index (χ3v) is 5.45. The van der Waals surface area contributed by atoms with Crippen molar-refractivity contribution in [1.82, 2.24) is 10.2 Å². The predicted octanol–water partition coefficient (Wildman–Crippen LogP) is 1.52. The minimum Gasteiger partial charge on any atom is -0.311 e. The lowest BCUT2D eigenvalue weighted by molar-refractivity contribution is 0.0734. The van der Waals surface area contributed by atoms with Crippen molar-refractivity contribution in [1.29, 1.82) is 0 Å². The lowest BCUT2D eigenvalue weighted by Crippen LogP contribution is -2.55. The van der Waals surface area contributed by atoms with Gasteiger partial charge in [0.15, 0.2) is 0 Å². The smallest absolute Gasteiger partial charge is 0.148 e. The van der Waals surface area contributed by atoms with Gasteiger partial charge in [0, 0.05) is 24.4 Å². The SMILES string of the molecule is CC1CCCC(CNC(C)CS(C)(=O)=O)(N(C)C)C1. The van der Waals surface area contributed by atoms with E-state index in [4.69, 9.17) is 0 Å². The molecule has 5 heteroatoms. The number of hydrogen-bond donors (Lipinski definition) is 1. The second kappa shape index (κ2) is 6.55.